The van der Waals surface area contributed by atoms with Crippen molar-refractivity contribution in [2.24, 2.45) is 88.8 Å². The van der Waals surface area contributed by atoms with Gasteiger partial charge in [-0.2, -0.15) is 0 Å². The van der Waals surface area contributed by atoms with Gasteiger partial charge in [-0.15, -0.1) is 0 Å². The Morgan fingerprint density at radius 2 is 0.615 bits per heavy atom. The molecule has 1 N–H and O–H groups in total. The Balaban J connectivity index is 0.000000210. The van der Waals surface area contributed by atoms with E-state index in [1.165, 1.54) is 0 Å². The Hall–Kier alpha value is -1.94. The van der Waals surface area contributed by atoms with E-state index in [2.05, 4.69) is 151 Å². The Kier molecular flexibility index (Phi) is 27.9. The minimum absolute atomic E-state index is 0.0228. The number of benzene rings is 2. The molecule has 0 saturated carbocycles. The summed E-state index contributed by atoms with van der Waals surface area (Å²) in [5.74, 6) is 2.12. The van der Waals surface area contributed by atoms with Gasteiger partial charge in [-0.3, -0.25) is 4.79 Å². The Labute approximate surface area is 635 Å². The molecule has 18 unspecified atom stereocenters. The Morgan fingerprint density at radius 3 is 1.01 bits per heavy atom. The van der Waals surface area contributed by atoms with Crippen molar-refractivity contribution in [3.63, 3.8) is 0 Å². The van der Waals surface area contributed by atoms with Crippen molar-refractivity contribution in [1.29, 1.82) is 0 Å². The predicted octanol–water partition coefficient (Wildman–Crippen LogP) is 15.0. The van der Waals surface area contributed by atoms with E-state index >= 15 is 0 Å². The summed E-state index contributed by atoms with van der Waals surface area (Å²) in [6, 6.07) is 18.9. The molecular weight excluding hydrogens is 1400 g/mol. The van der Waals surface area contributed by atoms with Gasteiger partial charge in [0.25, 0.3) is 9.70 Å². The molecule has 2 aromatic rings. The maximum absolute atomic E-state index is 13.1. The molecular formula is C81H126Cl3NO19. The SMILES string of the molecule is CC1[C@H](OC2[C@H](O[C@@H]3C(C)[C@H](O[C@@H]4C(C)[C@H](C)OC5COC(c6ccccc6)O[C@H]54)OC(C)[C@@H]3C)OC(C)[C@H](C)[C@@H]2C)OC(C)[C@H](C)[C@@H]1C.CC1[C@H](OC2[C@H](O[C@@H]3C(C)[C@H](O[C@@H]4C(NC(=O)C(Cl)(Cl)Cl)[C@H](C)OC5COC(c6ccccc6)O[C@H]54)OC(C)[C@@H]3C)OC(C)[C@H](C)[C@@H]2C)OC(C)[C@H](C)[C@@H]1C. The van der Waals surface area contributed by atoms with Crippen LogP contribution in [0.1, 0.15) is 183 Å². The second-order valence-corrected chi connectivity index (χ2v) is 35.6. The van der Waals surface area contributed by atoms with Crippen molar-refractivity contribution in [2.45, 2.75) is 329 Å². The minimum atomic E-state index is -2.21. The van der Waals surface area contributed by atoms with E-state index in [-0.39, 0.29) is 164 Å². The van der Waals surface area contributed by atoms with Crippen LogP contribution >= 0.6 is 34.8 Å². The number of carbonyl (C=O) groups is 1. The van der Waals surface area contributed by atoms with E-state index in [0.29, 0.717) is 36.2 Å². The highest BCUT2D eigenvalue weighted by atomic mass is 35.6. The van der Waals surface area contributed by atoms with Crippen LogP contribution < -0.4 is 5.32 Å². The van der Waals surface area contributed by atoms with Crippen LogP contribution in [0.15, 0.2) is 60.7 Å². The van der Waals surface area contributed by atoms with Gasteiger partial charge in [-0.05, 0) is 103 Å². The van der Waals surface area contributed by atoms with Crippen molar-refractivity contribution in [1.82, 2.24) is 5.32 Å². The first-order valence-electron chi connectivity index (χ1n) is 39.3. The molecule has 2 aromatic carbocycles. The van der Waals surface area contributed by atoms with Gasteiger partial charge in [0, 0.05) is 52.6 Å². The van der Waals surface area contributed by atoms with Crippen molar-refractivity contribution >= 4 is 40.7 Å². The zero-order chi connectivity index (χ0) is 75.4. The number of hydrogen-bond acceptors (Lipinski definition) is 19. The molecule has 0 spiro atoms. The third-order valence-electron chi connectivity index (χ3n) is 27.0. The quantitative estimate of drug-likeness (QED) is 0.165. The lowest BCUT2D eigenvalue weighted by atomic mass is 9.79. The molecule has 10 fully saturated rings. The molecule has 12 rings (SSSR count). The van der Waals surface area contributed by atoms with E-state index < -0.39 is 77.9 Å². The monoisotopic (exact) mass is 1520 g/mol. The van der Waals surface area contributed by atoms with Gasteiger partial charge in [-0.1, -0.05) is 199 Å². The van der Waals surface area contributed by atoms with E-state index in [1.807, 2.05) is 74.5 Å². The average Bonchev–Trinajstić information content (AvgIpc) is 0.764. The lowest BCUT2D eigenvalue weighted by Gasteiger charge is -2.52. The molecule has 0 radical (unpaired) electrons. The number of rotatable bonds is 15. The van der Waals surface area contributed by atoms with Gasteiger partial charge in [0.05, 0.1) is 86.4 Å². The van der Waals surface area contributed by atoms with Crippen LogP contribution in [0.4, 0.5) is 0 Å². The molecule has 590 valence electrons. The normalized spacial score (nSPS) is 50.1. The first-order chi connectivity index (χ1) is 49.1. The van der Waals surface area contributed by atoms with E-state index in [4.69, 9.17) is 120 Å². The van der Waals surface area contributed by atoms with Crippen LogP contribution in [0, 0.1) is 88.8 Å². The summed E-state index contributed by atoms with van der Waals surface area (Å²) in [6.07, 6.45) is -9.01. The maximum atomic E-state index is 13.1. The number of hydrogen-bond donors (Lipinski definition) is 1. The third-order valence-corrected chi connectivity index (χ3v) is 27.5. The number of ether oxygens (including phenoxy) is 18. The van der Waals surface area contributed by atoms with E-state index in [0.717, 1.165) is 11.1 Å². The number of halogens is 3. The molecule has 10 heterocycles. The van der Waals surface area contributed by atoms with Gasteiger partial charge in [0.15, 0.2) is 50.3 Å². The summed E-state index contributed by atoms with van der Waals surface area (Å²) in [5.41, 5.74) is 1.82. The lowest BCUT2D eigenvalue weighted by Crippen LogP contribution is -2.68. The third kappa shape index (κ3) is 17.9. The molecule has 42 atom stereocenters. The highest BCUT2D eigenvalue weighted by Gasteiger charge is 2.58. The first kappa shape index (κ1) is 83.0. The smallest absolute Gasteiger partial charge is 0.272 e. The van der Waals surface area contributed by atoms with Crippen LogP contribution in [-0.4, -0.2) is 177 Å². The summed E-state index contributed by atoms with van der Waals surface area (Å²) in [4.78, 5) is 13.1. The summed E-state index contributed by atoms with van der Waals surface area (Å²) in [6.45, 7) is 50.5. The molecule has 20 nitrogen and oxygen atoms in total. The van der Waals surface area contributed by atoms with Gasteiger partial charge in [0.1, 0.15) is 42.7 Å². The fraction of sp³-hybridized carbons (Fsp3) is 0.840. The van der Waals surface area contributed by atoms with Crippen molar-refractivity contribution in [3.05, 3.63) is 71.8 Å². The minimum Gasteiger partial charge on any atom is -0.370 e. The van der Waals surface area contributed by atoms with Gasteiger partial charge >= 0.3 is 0 Å². The molecule has 0 aliphatic carbocycles. The van der Waals surface area contributed by atoms with Gasteiger partial charge in [-0.25, -0.2) is 0 Å². The highest BCUT2D eigenvalue weighted by Crippen LogP contribution is 2.48. The van der Waals surface area contributed by atoms with Crippen molar-refractivity contribution in [2.75, 3.05) is 13.2 Å². The zero-order valence-corrected chi connectivity index (χ0v) is 68.1. The molecule has 10 saturated heterocycles. The Morgan fingerprint density at radius 1 is 0.317 bits per heavy atom. The fourth-order valence-corrected chi connectivity index (χ4v) is 17.6. The topological polar surface area (TPSA) is 195 Å². The average molecular weight is 1520 g/mol. The second-order valence-electron chi connectivity index (χ2n) is 33.4. The summed E-state index contributed by atoms with van der Waals surface area (Å²) in [7, 11) is 0. The van der Waals surface area contributed by atoms with Gasteiger partial charge in [0.2, 0.25) is 0 Å². The lowest BCUT2D eigenvalue weighted by molar-refractivity contribution is -0.374. The molecule has 104 heavy (non-hydrogen) atoms. The Bertz CT molecular complexity index is 3020. The second kappa shape index (κ2) is 35.0. The van der Waals surface area contributed by atoms with Crippen LogP contribution in [-0.2, 0) is 90.1 Å². The molecule has 0 bridgehead atoms. The van der Waals surface area contributed by atoms with E-state index in [9.17, 15) is 4.79 Å². The first-order valence-corrected chi connectivity index (χ1v) is 40.4. The van der Waals surface area contributed by atoms with Gasteiger partial charge < -0.3 is 90.6 Å². The number of fused-ring (bicyclic) bond motifs is 2. The standard InChI is InChI=1S/C41H62Cl3NO10.C40H64O9/c1-18-19(2)25(8)49-36(22(18)5)53-33-21(4)20(3)26(9)51-39(33)52-32-23(6)27(10)50-37(24(32)7)55-35-31(45-40(46)41(42,43)44)28(11)48-30-17-47-38(54-34(30)35)29-15-13-12-14-16-29;1-19-20(2)27(9)43-37(23(19)5)48-35-22(4)21(3)28(10)45-40(35)46-33-24(6)30(12)44-38(26(33)8)47-34-25(7)29(11)42-32-18-41-39(49-36(32)34)31-16-14-13-15-17-31/h12-16,18-28,30-39H,17H2,1-11H3,(H,45,46);13-17,19-30,32-40H,18H2,1-12H3/t18-,19+,20+,21-,22?,23-,24?,25?,26?,27?,28-,30?,31?,32-,33?,34+,35+,36-,37-,38?,39-;19-,20+,21+,22-,23?,24-,25?,26?,27?,28?,29-,30?,32?,33-,34+,35?,36+,37-,38-,39?,40-/m00/s1. The zero-order valence-electron chi connectivity index (χ0n) is 65.8. The van der Waals surface area contributed by atoms with Crippen LogP contribution in [0.2, 0.25) is 0 Å². The van der Waals surface area contributed by atoms with Crippen LogP contribution in [0.5, 0.6) is 0 Å². The molecule has 1 amide bonds. The summed E-state index contributed by atoms with van der Waals surface area (Å²) in [5, 5.41) is 2.88. The molecule has 10 aliphatic heterocycles. The number of carbonyl (C=O) groups excluding carboxylic acids is 1. The molecule has 10 aliphatic rings. The van der Waals surface area contributed by atoms with Crippen LogP contribution in [0.3, 0.4) is 0 Å². The van der Waals surface area contributed by atoms with Crippen LogP contribution in [0.25, 0.3) is 0 Å². The summed E-state index contributed by atoms with van der Waals surface area (Å²) >= 11 is 18.1. The van der Waals surface area contributed by atoms with E-state index in [1.54, 1.807) is 0 Å². The fourth-order valence-electron chi connectivity index (χ4n) is 17.4. The summed E-state index contributed by atoms with van der Waals surface area (Å²) < 4.78 is 118. The largest absolute Gasteiger partial charge is 0.370 e. The predicted molar refractivity (Wildman–Crippen MR) is 394 cm³/mol. The number of amides is 1. The molecule has 23 heteroatoms. The van der Waals surface area contributed by atoms with Crippen molar-refractivity contribution < 1.29 is 90.1 Å². The number of nitrogens with one attached hydrogen (secondary N) is 1. The van der Waals surface area contributed by atoms with Crippen molar-refractivity contribution in [3.8, 4) is 0 Å². The molecule has 0 aromatic heterocycles. The highest BCUT2D eigenvalue weighted by molar-refractivity contribution is 6.76. The number of alkyl halides is 3. The maximum Gasteiger partial charge on any atom is 0.272 e.